The number of rotatable bonds is 10. The van der Waals surface area contributed by atoms with Gasteiger partial charge in [0.15, 0.2) is 0 Å². The van der Waals surface area contributed by atoms with E-state index in [0.717, 1.165) is 38.8 Å². The quantitative estimate of drug-likeness (QED) is 0.227. The molecule has 3 aromatic rings. The largest absolute Gasteiger partial charge is 0.491 e. The van der Waals surface area contributed by atoms with Gasteiger partial charge < -0.3 is 20.1 Å². The van der Waals surface area contributed by atoms with E-state index in [4.69, 9.17) is 21.1 Å². The molecule has 1 amide bonds. The molecule has 3 fully saturated rings. The van der Waals surface area contributed by atoms with Crippen molar-refractivity contribution in [2.75, 3.05) is 43.5 Å². The Kier molecular flexibility index (Phi) is 8.53. The van der Waals surface area contributed by atoms with Crippen molar-refractivity contribution in [2.45, 2.75) is 32.1 Å². The molecule has 42 heavy (non-hydrogen) atoms. The predicted octanol–water partition coefficient (Wildman–Crippen LogP) is 5.72. The van der Waals surface area contributed by atoms with Crippen molar-refractivity contribution in [3.63, 3.8) is 0 Å². The second kappa shape index (κ2) is 12.6. The van der Waals surface area contributed by atoms with E-state index in [1.165, 1.54) is 18.5 Å². The van der Waals surface area contributed by atoms with Gasteiger partial charge in [-0.15, -0.1) is 0 Å². The number of ether oxygens (including phenoxy) is 2. The van der Waals surface area contributed by atoms with E-state index in [1.54, 1.807) is 24.3 Å². The van der Waals surface area contributed by atoms with Crippen LogP contribution in [-0.2, 0) is 14.3 Å². The number of nitrogens with zero attached hydrogens (tertiary/aromatic N) is 3. The molecule has 2 aliphatic heterocycles. The lowest BCUT2D eigenvalue weighted by Gasteiger charge is -2.33. The summed E-state index contributed by atoms with van der Waals surface area (Å²) in [4.78, 5) is 35.5. The summed E-state index contributed by atoms with van der Waals surface area (Å²) in [6, 6.07) is 7.93. The number of fused-ring (bicyclic) bond motifs is 1. The average molecular weight is 594 g/mol. The Hall–Kier alpha value is -3.76. The summed E-state index contributed by atoms with van der Waals surface area (Å²) in [5.41, 5.74) is 1.72. The Bertz CT molecular complexity index is 1510. The molecular weight excluding hydrogens is 561 g/mol. The molecule has 6 rings (SSSR count). The van der Waals surface area contributed by atoms with Crippen LogP contribution in [-0.4, -0.2) is 59.6 Å². The number of hydrogen-bond acceptors (Lipinski definition) is 8. The van der Waals surface area contributed by atoms with Gasteiger partial charge in [0.25, 0.3) is 0 Å². The SMILES string of the molecule is O=C(C=CCN1CCC(C2COC(=O)C2)CC1)Nc1cc2c(Nc3ccc(F)c(Cl)c3)ncnc2cc1OCC1CC1. The third-order valence-corrected chi connectivity index (χ3v) is 8.46. The molecule has 3 heterocycles. The van der Waals surface area contributed by atoms with E-state index in [1.807, 2.05) is 6.08 Å². The van der Waals surface area contributed by atoms with Crippen molar-refractivity contribution in [2.24, 2.45) is 17.8 Å². The van der Waals surface area contributed by atoms with Crippen molar-refractivity contribution in [1.29, 1.82) is 0 Å². The highest BCUT2D eigenvalue weighted by molar-refractivity contribution is 6.31. The summed E-state index contributed by atoms with van der Waals surface area (Å²) in [6.45, 7) is 3.66. The van der Waals surface area contributed by atoms with Crippen molar-refractivity contribution >= 4 is 51.6 Å². The van der Waals surface area contributed by atoms with Crippen LogP contribution in [0.3, 0.4) is 0 Å². The second-order valence-corrected chi connectivity index (χ2v) is 11.7. The minimum absolute atomic E-state index is 0.00173. The molecule has 11 heteroatoms. The first-order chi connectivity index (χ1) is 20.4. The van der Waals surface area contributed by atoms with Crippen LogP contribution in [0.25, 0.3) is 10.9 Å². The number of aromatic nitrogens is 2. The Balaban J connectivity index is 1.13. The standard InChI is InChI=1S/C31H33ClFN5O4/c32-24-13-22(5-6-25(24)33)36-31-23-14-27(28(41-16-19-3-4-19)15-26(23)34-18-35-31)37-29(39)2-1-9-38-10-7-20(8-11-38)21-12-30(40)42-17-21/h1-2,5-6,13-15,18-21H,3-4,7-12,16-17H2,(H,37,39)(H,34,35,36). The number of nitrogens with one attached hydrogen (secondary N) is 2. The number of esters is 1. The number of cyclic esters (lactones) is 1. The van der Waals surface area contributed by atoms with E-state index in [2.05, 4.69) is 25.5 Å². The van der Waals surface area contributed by atoms with E-state index >= 15 is 0 Å². The Morgan fingerprint density at radius 1 is 1.14 bits per heavy atom. The Morgan fingerprint density at radius 2 is 1.98 bits per heavy atom. The fraction of sp³-hybridized carbons (Fsp3) is 0.419. The number of carbonyl (C=O) groups is 2. The summed E-state index contributed by atoms with van der Waals surface area (Å²) >= 11 is 5.96. The molecule has 2 N–H and O–H groups in total. The summed E-state index contributed by atoms with van der Waals surface area (Å²) in [5, 5.41) is 6.80. The molecule has 0 radical (unpaired) electrons. The minimum atomic E-state index is -0.508. The molecule has 9 nitrogen and oxygen atoms in total. The molecule has 2 saturated heterocycles. The zero-order valence-electron chi connectivity index (χ0n) is 23.2. The molecule has 1 aliphatic carbocycles. The summed E-state index contributed by atoms with van der Waals surface area (Å²) < 4.78 is 24.9. The van der Waals surface area contributed by atoms with Crippen molar-refractivity contribution in [1.82, 2.24) is 14.9 Å². The van der Waals surface area contributed by atoms with E-state index in [9.17, 15) is 14.0 Å². The molecule has 220 valence electrons. The fourth-order valence-corrected chi connectivity index (χ4v) is 5.71. The van der Waals surface area contributed by atoms with Gasteiger partial charge in [-0.25, -0.2) is 14.4 Å². The van der Waals surface area contributed by atoms with E-state index in [0.29, 0.717) is 77.8 Å². The highest BCUT2D eigenvalue weighted by atomic mass is 35.5. The topological polar surface area (TPSA) is 106 Å². The normalized spacial score (nSPS) is 19.8. The third kappa shape index (κ3) is 6.99. The number of benzene rings is 2. The van der Waals surface area contributed by atoms with Crippen LogP contribution in [0.4, 0.5) is 21.6 Å². The van der Waals surface area contributed by atoms with Crippen LogP contribution in [0.2, 0.25) is 5.02 Å². The maximum atomic E-state index is 13.7. The maximum Gasteiger partial charge on any atom is 0.306 e. The lowest BCUT2D eigenvalue weighted by molar-refractivity contribution is -0.137. The molecule has 2 aromatic carbocycles. The van der Waals surface area contributed by atoms with Gasteiger partial charge in [-0.3, -0.25) is 14.5 Å². The van der Waals surface area contributed by atoms with Gasteiger partial charge >= 0.3 is 5.97 Å². The van der Waals surface area contributed by atoms with Crippen LogP contribution in [0.15, 0.2) is 48.8 Å². The lowest BCUT2D eigenvalue weighted by Crippen LogP contribution is -2.36. The molecule has 1 atom stereocenters. The number of likely N-dealkylation sites (tertiary alicyclic amines) is 1. The second-order valence-electron chi connectivity index (χ2n) is 11.3. The zero-order chi connectivity index (χ0) is 29.1. The third-order valence-electron chi connectivity index (χ3n) is 8.17. The monoisotopic (exact) mass is 593 g/mol. The summed E-state index contributed by atoms with van der Waals surface area (Å²) in [5.74, 6) is 1.56. The van der Waals surface area contributed by atoms with Crippen molar-refractivity contribution in [3.05, 3.63) is 59.7 Å². The maximum absolute atomic E-state index is 13.7. The van der Waals surface area contributed by atoms with Gasteiger partial charge in [-0.05, 0) is 74.9 Å². The molecular formula is C31H33ClFN5O4. The number of halogens is 2. The summed E-state index contributed by atoms with van der Waals surface area (Å²) in [6.07, 6.45) is 9.73. The number of hydrogen-bond donors (Lipinski definition) is 2. The number of carbonyl (C=O) groups excluding carboxylic acids is 2. The van der Waals surface area contributed by atoms with E-state index < -0.39 is 5.82 Å². The molecule has 1 unspecified atom stereocenters. The Labute approximate surface area is 248 Å². The first kappa shape index (κ1) is 28.4. The van der Waals surface area contributed by atoms with Crippen molar-refractivity contribution in [3.8, 4) is 5.75 Å². The highest BCUT2D eigenvalue weighted by Gasteiger charge is 2.33. The van der Waals surface area contributed by atoms with Crippen LogP contribution in [0, 0.1) is 23.6 Å². The Morgan fingerprint density at radius 3 is 2.71 bits per heavy atom. The van der Waals surface area contributed by atoms with Gasteiger partial charge in [-0.1, -0.05) is 17.7 Å². The van der Waals surface area contributed by atoms with Gasteiger partial charge in [0.1, 0.15) is 23.7 Å². The molecule has 1 aromatic heterocycles. The van der Waals surface area contributed by atoms with Gasteiger partial charge in [0, 0.05) is 35.7 Å². The fourth-order valence-electron chi connectivity index (χ4n) is 5.53. The first-order valence-electron chi connectivity index (χ1n) is 14.4. The number of anilines is 3. The average Bonchev–Trinajstić information content (AvgIpc) is 3.72. The van der Waals surface area contributed by atoms with Gasteiger partial charge in [0.2, 0.25) is 5.91 Å². The smallest absolute Gasteiger partial charge is 0.306 e. The van der Waals surface area contributed by atoms with Crippen molar-refractivity contribution < 1.29 is 23.5 Å². The molecule has 0 bridgehead atoms. The van der Waals surface area contributed by atoms with Crippen LogP contribution >= 0.6 is 11.6 Å². The summed E-state index contributed by atoms with van der Waals surface area (Å²) in [7, 11) is 0. The lowest BCUT2D eigenvalue weighted by atomic mass is 9.84. The van der Waals surface area contributed by atoms with Crippen LogP contribution in [0.1, 0.15) is 32.1 Å². The highest BCUT2D eigenvalue weighted by Crippen LogP contribution is 2.36. The van der Waals surface area contributed by atoms with Crippen LogP contribution in [0.5, 0.6) is 5.75 Å². The predicted molar refractivity (Wildman–Crippen MR) is 158 cm³/mol. The molecule has 1 saturated carbocycles. The van der Waals surface area contributed by atoms with Gasteiger partial charge in [-0.2, -0.15) is 0 Å². The molecule has 0 spiro atoms. The van der Waals surface area contributed by atoms with E-state index in [-0.39, 0.29) is 16.9 Å². The zero-order valence-corrected chi connectivity index (χ0v) is 23.9. The number of piperidine rings is 1. The number of amides is 1. The van der Waals surface area contributed by atoms with Gasteiger partial charge in [0.05, 0.1) is 35.9 Å². The molecule has 3 aliphatic rings. The van der Waals surface area contributed by atoms with Crippen LogP contribution < -0.4 is 15.4 Å². The first-order valence-corrected chi connectivity index (χ1v) is 14.8. The minimum Gasteiger partial charge on any atom is -0.491 e.